The number of thioether (sulfide) groups is 1. The number of hydrogen-bond acceptors (Lipinski definition) is 5. The lowest BCUT2D eigenvalue weighted by atomic mass is 9.94. The highest BCUT2D eigenvalue weighted by Crippen LogP contribution is 2.30. The molecule has 2 aromatic rings. The minimum atomic E-state index is -0.233. The number of fused-ring (bicyclic) bond motifs is 1. The van der Waals surface area contributed by atoms with Gasteiger partial charge in [-0.1, -0.05) is 0 Å². The van der Waals surface area contributed by atoms with Gasteiger partial charge in [-0.15, -0.1) is 49.0 Å². The highest BCUT2D eigenvalue weighted by atomic mass is 35.5. The standard InChI is InChI=1S/C20H26FN5OS.3ClH/c21-14-1-2-16-17(9-14)24-19(23-16)13-3-5-25(6-4-13)15-10-18(22-11-15)20(27)26-7-8-28-12-26;;;/h1-2,9,13,15,18,22H,3-8,10-12H2,(H,23,24);3*1H/t15-,18-;;;/m0.../s1. The zero-order valence-corrected chi connectivity index (χ0v) is 20.4. The predicted octanol–water partition coefficient (Wildman–Crippen LogP) is 3.41. The molecule has 3 aliphatic rings. The Morgan fingerprint density at radius 3 is 2.65 bits per heavy atom. The number of rotatable bonds is 3. The topological polar surface area (TPSA) is 64.3 Å². The molecule has 1 aromatic carbocycles. The second-order valence-electron chi connectivity index (χ2n) is 8.08. The lowest BCUT2D eigenvalue weighted by Crippen LogP contribution is -2.42. The molecule has 1 amide bonds. The maximum absolute atomic E-state index is 13.4. The molecule has 1 aromatic heterocycles. The first kappa shape index (κ1) is 26.5. The van der Waals surface area contributed by atoms with E-state index in [1.165, 1.54) is 12.1 Å². The van der Waals surface area contributed by atoms with E-state index >= 15 is 0 Å². The van der Waals surface area contributed by atoms with Gasteiger partial charge in [0, 0.05) is 30.8 Å². The van der Waals surface area contributed by atoms with Crippen LogP contribution in [0.5, 0.6) is 0 Å². The number of amides is 1. The third-order valence-electron chi connectivity index (χ3n) is 6.36. The average Bonchev–Trinajstić information content (AvgIpc) is 3.47. The molecule has 0 bridgehead atoms. The number of aromatic nitrogens is 2. The van der Waals surface area contributed by atoms with Crippen LogP contribution in [0.15, 0.2) is 18.2 Å². The maximum atomic E-state index is 13.4. The minimum absolute atomic E-state index is 0. The molecule has 4 heterocycles. The van der Waals surface area contributed by atoms with Crippen molar-refractivity contribution in [2.75, 3.05) is 37.8 Å². The van der Waals surface area contributed by atoms with Crippen molar-refractivity contribution in [3.8, 4) is 0 Å². The van der Waals surface area contributed by atoms with E-state index in [9.17, 15) is 9.18 Å². The second kappa shape index (κ2) is 11.4. The molecule has 31 heavy (non-hydrogen) atoms. The van der Waals surface area contributed by atoms with E-state index in [0.717, 1.165) is 73.9 Å². The first-order valence-electron chi connectivity index (χ1n) is 10.2. The van der Waals surface area contributed by atoms with E-state index in [4.69, 9.17) is 0 Å². The number of carbonyl (C=O) groups is 1. The van der Waals surface area contributed by atoms with Crippen LogP contribution in [0.2, 0.25) is 0 Å². The zero-order chi connectivity index (χ0) is 19.1. The molecule has 0 saturated carbocycles. The molecular weight excluding hydrogens is 484 g/mol. The smallest absolute Gasteiger partial charge is 0.240 e. The van der Waals surface area contributed by atoms with Crippen LogP contribution >= 0.6 is 49.0 Å². The summed E-state index contributed by atoms with van der Waals surface area (Å²) in [4.78, 5) is 25.1. The molecule has 0 aliphatic carbocycles. The predicted molar refractivity (Wildman–Crippen MR) is 131 cm³/mol. The van der Waals surface area contributed by atoms with Crippen molar-refractivity contribution in [1.29, 1.82) is 0 Å². The highest BCUT2D eigenvalue weighted by molar-refractivity contribution is 7.99. The van der Waals surface area contributed by atoms with Gasteiger partial charge in [0.15, 0.2) is 0 Å². The number of carbonyl (C=O) groups excluding carboxylic acids is 1. The number of nitrogens with one attached hydrogen (secondary N) is 2. The molecule has 0 unspecified atom stereocenters. The molecule has 6 nitrogen and oxygen atoms in total. The highest BCUT2D eigenvalue weighted by Gasteiger charge is 2.37. The number of nitrogens with zero attached hydrogens (tertiary/aromatic N) is 3. The van der Waals surface area contributed by atoms with Crippen LogP contribution in [-0.4, -0.2) is 75.6 Å². The van der Waals surface area contributed by atoms with Crippen LogP contribution in [0.1, 0.15) is 31.0 Å². The molecule has 0 spiro atoms. The Labute approximate surface area is 204 Å². The fourth-order valence-corrected chi connectivity index (χ4v) is 5.68. The van der Waals surface area contributed by atoms with Gasteiger partial charge in [0.25, 0.3) is 0 Å². The van der Waals surface area contributed by atoms with Gasteiger partial charge in [0.05, 0.1) is 23.0 Å². The number of likely N-dealkylation sites (tertiary alicyclic amines) is 1. The molecule has 3 aliphatic heterocycles. The molecule has 0 radical (unpaired) electrons. The molecule has 3 fully saturated rings. The van der Waals surface area contributed by atoms with Crippen molar-refractivity contribution in [1.82, 2.24) is 25.1 Å². The van der Waals surface area contributed by atoms with Gasteiger partial charge < -0.3 is 15.2 Å². The number of benzene rings is 1. The first-order chi connectivity index (χ1) is 13.7. The van der Waals surface area contributed by atoms with Gasteiger partial charge in [-0.25, -0.2) is 9.37 Å². The van der Waals surface area contributed by atoms with E-state index in [0.29, 0.717) is 12.0 Å². The summed E-state index contributed by atoms with van der Waals surface area (Å²) in [6, 6.07) is 5.13. The van der Waals surface area contributed by atoms with Crippen molar-refractivity contribution in [2.24, 2.45) is 0 Å². The van der Waals surface area contributed by atoms with E-state index in [2.05, 4.69) is 20.2 Å². The number of hydrogen-bond donors (Lipinski definition) is 2. The maximum Gasteiger partial charge on any atom is 0.240 e. The number of aromatic amines is 1. The average molecular weight is 513 g/mol. The van der Waals surface area contributed by atoms with E-state index < -0.39 is 0 Å². The lowest BCUT2D eigenvalue weighted by molar-refractivity contribution is -0.131. The van der Waals surface area contributed by atoms with Crippen molar-refractivity contribution in [3.05, 3.63) is 29.8 Å². The Morgan fingerprint density at radius 2 is 1.94 bits per heavy atom. The summed E-state index contributed by atoms with van der Waals surface area (Å²) in [6.45, 7) is 3.82. The summed E-state index contributed by atoms with van der Waals surface area (Å²) >= 11 is 1.84. The summed E-state index contributed by atoms with van der Waals surface area (Å²) in [7, 11) is 0. The lowest BCUT2D eigenvalue weighted by Gasteiger charge is -2.35. The molecule has 3 saturated heterocycles. The second-order valence-corrected chi connectivity index (χ2v) is 9.16. The Kier molecular flexibility index (Phi) is 9.73. The number of piperidine rings is 1. The zero-order valence-electron chi connectivity index (χ0n) is 17.1. The van der Waals surface area contributed by atoms with E-state index in [1.807, 2.05) is 16.7 Å². The fraction of sp³-hybridized carbons (Fsp3) is 0.600. The number of H-pyrrole nitrogens is 1. The minimum Gasteiger partial charge on any atom is -0.342 e. The van der Waals surface area contributed by atoms with E-state index in [1.54, 1.807) is 6.07 Å². The monoisotopic (exact) mass is 511 g/mol. The summed E-state index contributed by atoms with van der Waals surface area (Å²) < 4.78 is 13.4. The van der Waals surface area contributed by atoms with Gasteiger partial charge in [-0.2, -0.15) is 0 Å². The Bertz CT molecular complexity index is 874. The van der Waals surface area contributed by atoms with Crippen LogP contribution in [0.3, 0.4) is 0 Å². The van der Waals surface area contributed by atoms with Crippen LogP contribution in [-0.2, 0) is 4.79 Å². The first-order valence-corrected chi connectivity index (χ1v) is 11.3. The largest absolute Gasteiger partial charge is 0.342 e. The summed E-state index contributed by atoms with van der Waals surface area (Å²) in [5, 5.41) is 3.45. The normalized spacial score (nSPS) is 24.5. The van der Waals surface area contributed by atoms with Gasteiger partial charge in [0.2, 0.25) is 5.91 Å². The van der Waals surface area contributed by atoms with E-state index in [-0.39, 0.29) is 55.0 Å². The molecular formula is C20H29Cl3FN5OS. The van der Waals surface area contributed by atoms with Crippen molar-refractivity contribution in [3.63, 3.8) is 0 Å². The van der Waals surface area contributed by atoms with Crippen molar-refractivity contribution in [2.45, 2.75) is 37.3 Å². The SMILES string of the molecule is Cl.Cl.Cl.O=C([C@@H]1C[C@H](N2CCC(c3nc4ccc(F)cc4[nH]3)CC2)CN1)N1CCSC1. The summed E-state index contributed by atoms with van der Waals surface area (Å²) in [6.07, 6.45) is 2.99. The van der Waals surface area contributed by atoms with Crippen LogP contribution < -0.4 is 5.32 Å². The Hall–Kier alpha value is -0.770. The van der Waals surface area contributed by atoms with Crippen LogP contribution in [0.4, 0.5) is 4.39 Å². The fourth-order valence-electron chi connectivity index (χ4n) is 4.72. The van der Waals surface area contributed by atoms with Gasteiger partial charge in [-0.05, 0) is 50.6 Å². The number of halogens is 4. The Morgan fingerprint density at radius 1 is 1.16 bits per heavy atom. The molecule has 2 N–H and O–H groups in total. The Balaban J connectivity index is 0.00000114. The van der Waals surface area contributed by atoms with Crippen LogP contribution in [0, 0.1) is 5.82 Å². The molecule has 5 rings (SSSR count). The van der Waals surface area contributed by atoms with Gasteiger partial charge >= 0.3 is 0 Å². The van der Waals surface area contributed by atoms with Gasteiger partial charge in [0.1, 0.15) is 11.6 Å². The summed E-state index contributed by atoms with van der Waals surface area (Å²) in [5.41, 5.74) is 1.61. The summed E-state index contributed by atoms with van der Waals surface area (Å²) in [5.74, 6) is 3.31. The third kappa shape index (κ3) is 5.60. The van der Waals surface area contributed by atoms with Crippen molar-refractivity contribution >= 4 is 65.9 Å². The molecule has 174 valence electrons. The number of imidazole rings is 1. The van der Waals surface area contributed by atoms with Gasteiger partial charge in [-0.3, -0.25) is 9.69 Å². The molecule has 11 heteroatoms. The molecule has 2 atom stereocenters. The van der Waals surface area contributed by atoms with Crippen molar-refractivity contribution < 1.29 is 9.18 Å². The quantitative estimate of drug-likeness (QED) is 0.660. The third-order valence-corrected chi connectivity index (χ3v) is 7.33. The van der Waals surface area contributed by atoms with Crippen LogP contribution in [0.25, 0.3) is 11.0 Å².